The monoisotopic (exact) mass is 477 g/mol. The van der Waals surface area contributed by atoms with Gasteiger partial charge in [0.25, 0.3) is 5.91 Å². The SMILES string of the molecule is CC(=O)O[C@H]1[C@@H](OC(C)=O)[C@@H]2NC(=O)c3cc4c(cc3C2[C@@H](OC(C)=O)[C@@H]1OC(C)=O)OCO4. The maximum absolute atomic E-state index is 13.0. The summed E-state index contributed by atoms with van der Waals surface area (Å²) in [5.74, 6) is -3.57. The number of amides is 1. The molecule has 4 rings (SSSR count). The summed E-state index contributed by atoms with van der Waals surface area (Å²) in [6.07, 6.45) is -5.18. The van der Waals surface area contributed by atoms with E-state index in [1.165, 1.54) is 13.0 Å². The van der Waals surface area contributed by atoms with Gasteiger partial charge in [0.1, 0.15) is 0 Å². The highest BCUT2D eigenvalue weighted by Gasteiger charge is 2.60. The second-order valence-electron chi connectivity index (χ2n) is 8.11. The highest BCUT2D eigenvalue weighted by molar-refractivity contribution is 5.98. The summed E-state index contributed by atoms with van der Waals surface area (Å²) in [5, 5.41) is 2.77. The molecule has 1 fully saturated rings. The smallest absolute Gasteiger partial charge is 0.303 e. The van der Waals surface area contributed by atoms with Crippen LogP contribution in [0.5, 0.6) is 11.5 Å². The molecular formula is C22H23NO11. The predicted octanol–water partition coefficient (Wildman–Crippen LogP) is 0.351. The van der Waals surface area contributed by atoms with Crippen molar-refractivity contribution in [3.63, 3.8) is 0 Å². The second-order valence-corrected chi connectivity index (χ2v) is 8.11. The third-order valence-electron chi connectivity index (χ3n) is 5.72. The lowest BCUT2D eigenvalue weighted by molar-refractivity contribution is -0.217. The maximum atomic E-state index is 13.0. The predicted molar refractivity (Wildman–Crippen MR) is 109 cm³/mol. The van der Waals surface area contributed by atoms with Crippen molar-refractivity contribution in [2.45, 2.75) is 64.1 Å². The summed E-state index contributed by atoms with van der Waals surface area (Å²) in [6.45, 7) is 4.54. The van der Waals surface area contributed by atoms with E-state index < -0.39 is 66.2 Å². The zero-order valence-corrected chi connectivity index (χ0v) is 18.8. The van der Waals surface area contributed by atoms with Crippen molar-refractivity contribution < 1.29 is 52.4 Å². The Morgan fingerprint density at radius 1 is 0.765 bits per heavy atom. The minimum Gasteiger partial charge on any atom is -0.458 e. The van der Waals surface area contributed by atoms with Crippen LogP contribution < -0.4 is 14.8 Å². The zero-order valence-electron chi connectivity index (χ0n) is 18.8. The molecule has 182 valence electrons. The molecule has 0 radical (unpaired) electrons. The Balaban J connectivity index is 1.91. The number of carbonyl (C=O) groups is 5. The summed E-state index contributed by atoms with van der Waals surface area (Å²) >= 11 is 0. The molecule has 1 unspecified atom stereocenters. The Morgan fingerprint density at radius 3 is 1.79 bits per heavy atom. The van der Waals surface area contributed by atoms with Crippen molar-refractivity contribution in [3.05, 3.63) is 23.3 Å². The van der Waals surface area contributed by atoms with Crippen LogP contribution in [0.15, 0.2) is 12.1 Å². The number of fused-ring (bicyclic) bond motifs is 4. The van der Waals surface area contributed by atoms with Gasteiger partial charge in [0, 0.05) is 39.2 Å². The minimum atomic E-state index is -1.37. The Kier molecular flexibility index (Phi) is 6.07. The largest absolute Gasteiger partial charge is 0.458 e. The zero-order chi connectivity index (χ0) is 24.7. The number of nitrogens with one attached hydrogen (secondary N) is 1. The molecule has 0 spiro atoms. The van der Waals surface area contributed by atoms with Gasteiger partial charge in [-0.1, -0.05) is 0 Å². The molecule has 1 N–H and O–H groups in total. The Hall–Kier alpha value is -3.83. The molecule has 1 amide bonds. The molecule has 2 aliphatic heterocycles. The fourth-order valence-corrected chi connectivity index (χ4v) is 4.71. The molecule has 12 heteroatoms. The fraction of sp³-hybridized carbons (Fsp3) is 0.500. The summed E-state index contributed by atoms with van der Waals surface area (Å²) in [7, 11) is 0. The molecule has 2 heterocycles. The van der Waals surface area contributed by atoms with Gasteiger partial charge >= 0.3 is 23.9 Å². The lowest BCUT2D eigenvalue weighted by atomic mass is 9.69. The summed E-state index contributed by atoms with van der Waals surface area (Å²) < 4.78 is 32.7. The van der Waals surface area contributed by atoms with Crippen molar-refractivity contribution in [1.29, 1.82) is 0 Å². The fourth-order valence-electron chi connectivity index (χ4n) is 4.71. The van der Waals surface area contributed by atoms with E-state index in [9.17, 15) is 24.0 Å². The van der Waals surface area contributed by atoms with Gasteiger partial charge in [-0.25, -0.2) is 0 Å². The summed E-state index contributed by atoms with van der Waals surface area (Å²) in [5.41, 5.74) is 0.622. The van der Waals surface area contributed by atoms with Crippen molar-refractivity contribution in [3.8, 4) is 11.5 Å². The first-order valence-corrected chi connectivity index (χ1v) is 10.5. The third-order valence-corrected chi connectivity index (χ3v) is 5.72. The van der Waals surface area contributed by atoms with E-state index in [1.807, 2.05) is 0 Å². The number of rotatable bonds is 4. The van der Waals surface area contributed by atoms with Crippen LogP contribution in [0.4, 0.5) is 0 Å². The molecule has 34 heavy (non-hydrogen) atoms. The maximum Gasteiger partial charge on any atom is 0.303 e. The summed E-state index contributed by atoms with van der Waals surface area (Å²) in [4.78, 5) is 61.0. The van der Waals surface area contributed by atoms with Gasteiger partial charge < -0.3 is 33.7 Å². The molecule has 12 nitrogen and oxygen atoms in total. The van der Waals surface area contributed by atoms with Crippen LogP contribution in [0, 0.1) is 0 Å². The lowest BCUT2D eigenvalue weighted by Gasteiger charge is -2.50. The Morgan fingerprint density at radius 2 is 1.24 bits per heavy atom. The average Bonchev–Trinajstić information content (AvgIpc) is 3.18. The highest BCUT2D eigenvalue weighted by atomic mass is 16.7. The van der Waals surface area contributed by atoms with Gasteiger partial charge in [-0.05, 0) is 17.7 Å². The van der Waals surface area contributed by atoms with Crippen LogP contribution in [0.2, 0.25) is 0 Å². The molecule has 0 saturated heterocycles. The first-order valence-electron chi connectivity index (χ1n) is 10.5. The molecule has 1 aromatic carbocycles. The van der Waals surface area contributed by atoms with E-state index in [-0.39, 0.29) is 12.4 Å². The van der Waals surface area contributed by atoms with Crippen molar-refractivity contribution in [2.75, 3.05) is 6.79 Å². The second kappa shape index (κ2) is 8.84. The first-order chi connectivity index (χ1) is 16.1. The lowest BCUT2D eigenvalue weighted by Crippen LogP contribution is -2.69. The summed E-state index contributed by atoms with van der Waals surface area (Å²) in [6, 6.07) is 2.07. The van der Waals surface area contributed by atoms with E-state index in [1.54, 1.807) is 6.07 Å². The number of carbonyl (C=O) groups excluding carboxylic acids is 5. The normalized spacial score (nSPS) is 28.5. The van der Waals surface area contributed by atoms with E-state index >= 15 is 0 Å². The standard InChI is InChI=1S/C22H23NO11/c1-8(24)31-18-16-12-5-14-15(30-7-29-14)6-13(12)22(28)23-17(16)19(32-9(2)25)21(34-11(4)27)20(18)33-10(3)26/h5-6,16-21H,7H2,1-4H3,(H,23,28)/t16?,17-,18-,19+,20+,21+/m1/s1. The van der Waals surface area contributed by atoms with Crippen LogP contribution in [0.25, 0.3) is 0 Å². The van der Waals surface area contributed by atoms with Crippen molar-refractivity contribution in [2.24, 2.45) is 0 Å². The van der Waals surface area contributed by atoms with Crippen LogP contribution in [-0.4, -0.2) is 67.0 Å². The van der Waals surface area contributed by atoms with Crippen molar-refractivity contribution >= 4 is 29.8 Å². The van der Waals surface area contributed by atoms with Gasteiger partial charge in [0.15, 0.2) is 35.9 Å². The molecule has 6 atom stereocenters. The number of benzene rings is 1. The number of hydrogen-bond donors (Lipinski definition) is 1. The molecule has 1 aromatic rings. The van der Waals surface area contributed by atoms with E-state index in [4.69, 9.17) is 28.4 Å². The molecular weight excluding hydrogens is 454 g/mol. The average molecular weight is 477 g/mol. The van der Waals surface area contributed by atoms with Gasteiger partial charge in [0.2, 0.25) is 6.79 Å². The Bertz CT molecular complexity index is 1070. The molecule has 0 aromatic heterocycles. The van der Waals surface area contributed by atoms with E-state index in [2.05, 4.69) is 5.32 Å². The van der Waals surface area contributed by atoms with Gasteiger partial charge in [-0.3, -0.25) is 24.0 Å². The minimum absolute atomic E-state index is 0.0397. The van der Waals surface area contributed by atoms with Crippen molar-refractivity contribution in [1.82, 2.24) is 5.32 Å². The molecule has 3 aliphatic rings. The van der Waals surface area contributed by atoms with Crippen LogP contribution in [0.1, 0.15) is 49.5 Å². The van der Waals surface area contributed by atoms with Gasteiger partial charge in [-0.15, -0.1) is 0 Å². The number of esters is 4. The quantitative estimate of drug-likeness (QED) is 0.472. The van der Waals surface area contributed by atoms with E-state index in [0.29, 0.717) is 17.1 Å². The number of hydrogen-bond acceptors (Lipinski definition) is 11. The topological polar surface area (TPSA) is 153 Å². The van der Waals surface area contributed by atoms with Crippen LogP contribution >= 0.6 is 0 Å². The highest BCUT2D eigenvalue weighted by Crippen LogP contribution is 2.47. The Labute approximate surface area is 193 Å². The number of ether oxygens (including phenoxy) is 6. The molecule has 1 aliphatic carbocycles. The first kappa shape index (κ1) is 23.3. The van der Waals surface area contributed by atoms with Crippen LogP contribution in [0.3, 0.4) is 0 Å². The molecule has 1 saturated carbocycles. The third kappa shape index (κ3) is 4.22. The van der Waals surface area contributed by atoms with E-state index in [0.717, 1.165) is 20.8 Å². The molecule has 0 bridgehead atoms. The van der Waals surface area contributed by atoms with Gasteiger partial charge in [-0.2, -0.15) is 0 Å². The van der Waals surface area contributed by atoms with Gasteiger partial charge in [0.05, 0.1) is 6.04 Å². The van der Waals surface area contributed by atoms with Crippen LogP contribution in [-0.2, 0) is 38.1 Å².